The van der Waals surface area contributed by atoms with Crippen LogP contribution in [0, 0.1) is 0 Å². The Kier molecular flexibility index (Phi) is 4.37. The summed E-state index contributed by atoms with van der Waals surface area (Å²) in [6.07, 6.45) is -1.23. The molecule has 0 fully saturated rings. The number of hydrogen-bond acceptors (Lipinski definition) is 8. The Bertz CT molecular complexity index is 514. The highest BCUT2D eigenvalue weighted by molar-refractivity contribution is 5.74. The lowest BCUT2D eigenvalue weighted by Gasteiger charge is -2.23. The molecule has 0 aromatic carbocycles. The van der Waals surface area contributed by atoms with E-state index < -0.39 is 30.2 Å². The van der Waals surface area contributed by atoms with E-state index in [1.807, 2.05) is 0 Å². The zero-order valence-corrected chi connectivity index (χ0v) is 9.81. The van der Waals surface area contributed by atoms with E-state index in [0.717, 1.165) is 0 Å². The standard InChI is InChI=1S/C7H8N8O4.H2O/c16-3(17)1-7(2-4(18)19,5-8-12-13-9-5)6-10-14-15-11-6;/h1-2H2,(H,16,17)(H,18,19)(H,8,9,12,13)(H,10,11,14,15);1H2. The lowest BCUT2D eigenvalue weighted by atomic mass is 9.79. The zero-order chi connectivity index (χ0) is 13.9. The van der Waals surface area contributed by atoms with Crippen molar-refractivity contribution in [2.24, 2.45) is 0 Å². The van der Waals surface area contributed by atoms with E-state index in [4.69, 9.17) is 10.2 Å². The molecule has 0 aliphatic rings. The smallest absolute Gasteiger partial charge is 0.304 e. The molecule has 6 N–H and O–H groups in total. The first-order chi connectivity index (χ1) is 9.04. The molecule has 0 saturated carbocycles. The number of rotatable bonds is 6. The summed E-state index contributed by atoms with van der Waals surface area (Å²) in [5.74, 6) is -2.76. The van der Waals surface area contributed by atoms with Gasteiger partial charge in [-0.3, -0.25) is 9.59 Å². The number of carboxylic acids is 2. The summed E-state index contributed by atoms with van der Waals surface area (Å²) < 4.78 is 0. The lowest BCUT2D eigenvalue weighted by Crippen LogP contribution is -2.36. The number of tetrazole rings is 2. The first kappa shape index (κ1) is 15.1. The molecule has 0 spiro atoms. The summed E-state index contributed by atoms with van der Waals surface area (Å²) in [4.78, 5) is 22.0. The molecule has 0 amide bonds. The fourth-order valence-electron chi connectivity index (χ4n) is 1.72. The molecule has 0 saturated heterocycles. The number of H-pyrrole nitrogens is 2. The Morgan fingerprint density at radius 3 is 1.60 bits per heavy atom. The van der Waals surface area contributed by atoms with Gasteiger partial charge in [0.2, 0.25) is 0 Å². The van der Waals surface area contributed by atoms with Crippen molar-refractivity contribution in [1.82, 2.24) is 41.2 Å². The van der Waals surface area contributed by atoms with Crippen LogP contribution in [0.3, 0.4) is 0 Å². The van der Waals surface area contributed by atoms with Crippen LogP contribution in [0.4, 0.5) is 0 Å². The molecule has 13 heteroatoms. The normalized spacial score (nSPS) is 10.8. The van der Waals surface area contributed by atoms with E-state index in [-0.39, 0.29) is 17.1 Å². The monoisotopic (exact) mass is 286 g/mol. The van der Waals surface area contributed by atoms with Gasteiger partial charge in [0.1, 0.15) is 5.41 Å². The Hall–Kier alpha value is -2.96. The molecule has 0 unspecified atom stereocenters. The molecule has 2 aromatic rings. The van der Waals surface area contributed by atoms with Gasteiger partial charge in [0, 0.05) is 0 Å². The van der Waals surface area contributed by atoms with E-state index in [2.05, 4.69) is 41.2 Å². The van der Waals surface area contributed by atoms with E-state index in [1.54, 1.807) is 0 Å². The molecule has 2 rings (SSSR count). The van der Waals surface area contributed by atoms with Gasteiger partial charge in [0.15, 0.2) is 11.6 Å². The third-order valence-corrected chi connectivity index (χ3v) is 2.45. The quantitative estimate of drug-likeness (QED) is 0.425. The number of aliphatic carboxylic acids is 2. The van der Waals surface area contributed by atoms with Gasteiger partial charge in [-0.25, -0.2) is 0 Å². The largest absolute Gasteiger partial charge is 0.481 e. The van der Waals surface area contributed by atoms with Gasteiger partial charge in [-0.2, -0.15) is 10.4 Å². The van der Waals surface area contributed by atoms with E-state index in [9.17, 15) is 9.59 Å². The summed E-state index contributed by atoms with van der Waals surface area (Å²) in [5.41, 5.74) is -1.64. The van der Waals surface area contributed by atoms with Gasteiger partial charge in [0.05, 0.1) is 12.8 Å². The van der Waals surface area contributed by atoms with Crippen LogP contribution in [-0.2, 0) is 15.0 Å². The topological polar surface area (TPSA) is 215 Å². The van der Waals surface area contributed by atoms with Crippen molar-refractivity contribution in [3.05, 3.63) is 11.6 Å². The van der Waals surface area contributed by atoms with Gasteiger partial charge in [-0.1, -0.05) is 10.4 Å². The van der Waals surface area contributed by atoms with Crippen LogP contribution in [0.1, 0.15) is 24.5 Å². The molecule has 0 atom stereocenters. The van der Waals surface area contributed by atoms with Crippen molar-refractivity contribution in [2.75, 3.05) is 0 Å². The van der Waals surface area contributed by atoms with Crippen molar-refractivity contribution in [3.8, 4) is 0 Å². The Balaban J connectivity index is 0.00000200. The average molecular weight is 286 g/mol. The van der Waals surface area contributed by atoms with E-state index in [0.29, 0.717) is 0 Å². The number of aromatic nitrogens is 8. The van der Waals surface area contributed by atoms with Crippen LogP contribution >= 0.6 is 0 Å². The summed E-state index contributed by atoms with van der Waals surface area (Å²) in [6, 6.07) is 0. The second kappa shape index (κ2) is 5.79. The lowest BCUT2D eigenvalue weighted by molar-refractivity contribution is -0.141. The summed E-state index contributed by atoms with van der Waals surface area (Å²) in [5, 5.41) is 43.5. The van der Waals surface area contributed by atoms with Gasteiger partial charge >= 0.3 is 11.9 Å². The Morgan fingerprint density at radius 1 is 0.950 bits per heavy atom. The SMILES string of the molecule is O.O=C(O)CC(CC(=O)O)(c1nn[nH]n1)c1nn[nH]n1. The molecule has 20 heavy (non-hydrogen) atoms. The van der Waals surface area contributed by atoms with Crippen molar-refractivity contribution < 1.29 is 25.3 Å². The first-order valence-corrected chi connectivity index (χ1v) is 4.96. The minimum absolute atomic E-state index is 0. The Labute approximate surface area is 109 Å². The number of hydrogen-bond donors (Lipinski definition) is 4. The molecule has 0 aliphatic heterocycles. The average Bonchev–Trinajstić information content (AvgIpc) is 3.01. The molecule has 13 nitrogen and oxygen atoms in total. The number of nitrogens with zero attached hydrogens (tertiary/aromatic N) is 6. The van der Waals surface area contributed by atoms with Crippen LogP contribution in [0.5, 0.6) is 0 Å². The maximum absolute atomic E-state index is 11.0. The third kappa shape index (κ3) is 2.72. The number of aromatic amines is 2. The van der Waals surface area contributed by atoms with Gasteiger partial charge in [0.25, 0.3) is 0 Å². The molecule has 0 aliphatic carbocycles. The van der Waals surface area contributed by atoms with Crippen molar-refractivity contribution in [2.45, 2.75) is 18.3 Å². The van der Waals surface area contributed by atoms with E-state index >= 15 is 0 Å². The predicted molar refractivity (Wildman–Crippen MR) is 57.3 cm³/mol. The maximum atomic E-state index is 11.0. The van der Waals surface area contributed by atoms with E-state index in [1.165, 1.54) is 0 Å². The Morgan fingerprint density at radius 2 is 1.35 bits per heavy atom. The highest BCUT2D eigenvalue weighted by Gasteiger charge is 2.46. The second-order valence-corrected chi connectivity index (χ2v) is 3.69. The molecular formula is C7H10N8O5. The minimum atomic E-state index is -1.64. The van der Waals surface area contributed by atoms with Gasteiger partial charge in [-0.05, 0) is 0 Å². The van der Waals surface area contributed by atoms with Gasteiger partial charge < -0.3 is 15.7 Å². The molecule has 0 bridgehead atoms. The van der Waals surface area contributed by atoms with Crippen LogP contribution < -0.4 is 0 Å². The van der Waals surface area contributed by atoms with Crippen LogP contribution in [0.2, 0.25) is 0 Å². The van der Waals surface area contributed by atoms with Crippen LogP contribution in [0.25, 0.3) is 0 Å². The van der Waals surface area contributed by atoms with Crippen molar-refractivity contribution in [1.29, 1.82) is 0 Å². The summed E-state index contributed by atoms with van der Waals surface area (Å²) >= 11 is 0. The summed E-state index contributed by atoms with van der Waals surface area (Å²) in [7, 11) is 0. The van der Waals surface area contributed by atoms with Gasteiger partial charge in [-0.15, -0.1) is 20.4 Å². The predicted octanol–water partition coefficient (Wildman–Crippen LogP) is -2.88. The third-order valence-electron chi connectivity index (χ3n) is 2.45. The van der Waals surface area contributed by atoms with Crippen molar-refractivity contribution >= 4 is 11.9 Å². The fourth-order valence-corrected chi connectivity index (χ4v) is 1.72. The summed E-state index contributed by atoms with van der Waals surface area (Å²) in [6.45, 7) is 0. The number of carbonyl (C=O) groups is 2. The molecular weight excluding hydrogens is 276 g/mol. The molecule has 0 radical (unpaired) electrons. The highest BCUT2D eigenvalue weighted by atomic mass is 16.4. The highest BCUT2D eigenvalue weighted by Crippen LogP contribution is 2.34. The first-order valence-electron chi connectivity index (χ1n) is 4.96. The molecule has 108 valence electrons. The van der Waals surface area contributed by atoms with Crippen LogP contribution in [0.15, 0.2) is 0 Å². The second-order valence-electron chi connectivity index (χ2n) is 3.69. The number of nitrogens with one attached hydrogen (secondary N) is 2. The fraction of sp³-hybridized carbons (Fsp3) is 0.429. The molecule has 2 heterocycles. The minimum Gasteiger partial charge on any atom is -0.481 e. The number of carboxylic acid groups (broad SMARTS) is 2. The van der Waals surface area contributed by atoms with Crippen molar-refractivity contribution in [3.63, 3.8) is 0 Å². The van der Waals surface area contributed by atoms with Crippen LogP contribution in [-0.4, -0.2) is 68.9 Å². The zero-order valence-electron chi connectivity index (χ0n) is 9.81. The molecule has 2 aromatic heterocycles. The maximum Gasteiger partial charge on any atom is 0.304 e.